The molecule has 7 heteroatoms. The highest BCUT2D eigenvalue weighted by Gasteiger charge is 2.46. The highest BCUT2D eigenvalue weighted by atomic mass is 28.4. The number of esters is 1. The van der Waals surface area contributed by atoms with Crippen LogP contribution < -0.4 is 0 Å². The summed E-state index contributed by atoms with van der Waals surface area (Å²) in [4.78, 5) is 12.4. The molecule has 0 saturated carbocycles. The summed E-state index contributed by atoms with van der Waals surface area (Å²) >= 11 is 0. The van der Waals surface area contributed by atoms with Crippen molar-refractivity contribution in [3.63, 3.8) is 0 Å². The van der Waals surface area contributed by atoms with E-state index in [1.807, 2.05) is 49.4 Å². The lowest BCUT2D eigenvalue weighted by atomic mass is 9.89. The molecule has 1 aliphatic rings. The van der Waals surface area contributed by atoms with Crippen molar-refractivity contribution in [2.45, 2.75) is 110 Å². The Morgan fingerprint density at radius 1 is 1.05 bits per heavy atom. The van der Waals surface area contributed by atoms with Crippen molar-refractivity contribution in [1.82, 2.24) is 0 Å². The monoisotopic (exact) mass is 596 g/mol. The van der Waals surface area contributed by atoms with E-state index in [0.717, 1.165) is 24.8 Å². The second-order valence-electron chi connectivity index (χ2n) is 12.6. The first-order chi connectivity index (χ1) is 20.0. The average molecular weight is 597 g/mol. The van der Waals surface area contributed by atoms with Gasteiger partial charge in [-0.2, -0.15) is 0 Å². The summed E-state index contributed by atoms with van der Waals surface area (Å²) in [6.07, 6.45) is 4.50. The summed E-state index contributed by atoms with van der Waals surface area (Å²) in [5.74, 6) is -0.100. The highest BCUT2D eigenvalue weighted by Crippen LogP contribution is 2.39. The number of benzene rings is 2. The minimum absolute atomic E-state index is 0.0981. The largest absolute Gasteiger partial charge is 0.463 e. The molecule has 2 aromatic carbocycles. The van der Waals surface area contributed by atoms with Gasteiger partial charge in [0.1, 0.15) is 0 Å². The fourth-order valence-corrected chi connectivity index (χ4v) is 7.19. The van der Waals surface area contributed by atoms with Crippen LogP contribution >= 0.6 is 0 Å². The van der Waals surface area contributed by atoms with Crippen LogP contribution in [-0.4, -0.2) is 51.4 Å². The van der Waals surface area contributed by atoms with Crippen LogP contribution in [-0.2, 0) is 41.4 Å². The van der Waals surface area contributed by atoms with Gasteiger partial charge < -0.3 is 23.4 Å². The van der Waals surface area contributed by atoms with Crippen molar-refractivity contribution in [2.24, 2.45) is 5.92 Å². The zero-order chi connectivity index (χ0) is 30.6. The molecule has 1 fully saturated rings. The molecule has 0 bridgehead atoms. The predicted molar refractivity (Wildman–Crippen MR) is 171 cm³/mol. The average Bonchev–Trinajstić information content (AvgIpc) is 3.09. The first-order valence-corrected chi connectivity index (χ1v) is 18.9. The SMILES string of the molecule is CCOC(=O)/C(C)=C/C[C@@H]1O[C@H]([C@H](C)CCOCc2ccccc2)[C@@H](OCc2ccccc2)CC[C@@]1(C)O[Si](C)(C)C. The van der Waals surface area contributed by atoms with Gasteiger partial charge in [-0.3, -0.25) is 0 Å². The van der Waals surface area contributed by atoms with Gasteiger partial charge in [0.15, 0.2) is 8.32 Å². The van der Waals surface area contributed by atoms with E-state index in [9.17, 15) is 4.79 Å². The Balaban J connectivity index is 1.82. The Morgan fingerprint density at radius 2 is 1.67 bits per heavy atom. The smallest absolute Gasteiger partial charge is 0.333 e. The van der Waals surface area contributed by atoms with Crippen LogP contribution in [0.15, 0.2) is 72.3 Å². The molecule has 0 amide bonds. The van der Waals surface area contributed by atoms with Gasteiger partial charge >= 0.3 is 5.97 Å². The molecule has 0 N–H and O–H groups in total. The summed E-state index contributed by atoms with van der Waals surface area (Å²) in [6.45, 7) is 16.8. The summed E-state index contributed by atoms with van der Waals surface area (Å²) in [7, 11) is -1.93. The topological polar surface area (TPSA) is 63.2 Å². The minimum Gasteiger partial charge on any atom is -0.463 e. The van der Waals surface area contributed by atoms with Crippen molar-refractivity contribution in [1.29, 1.82) is 0 Å². The number of carbonyl (C=O) groups excluding carboxylic acids is 1. The Bertz CT molecular complexity index is 1100. The fourth-order valence-electron chi connectivity index (χ4n) is 5.56. The number of hydrogen-bond acceptors (Lipinski definition) is 6. The Morgan fingerprint density at radius 3 is 2.26 bits per heavy atom. The summed E-state index contributed by atoms with van der Waals surface area (Å²) in [6, 6.07) is 20.6. The van der Waals surface area contributed by atoms with E-state index in [1.54, 1.807) is 6.92 Å². The van der Waals surface area contributed by atoms with Crippen LogP contribution in [0.2, 0.25) is 19.6 Å². The molecule has 0 radical (unpaired) electrons. The van der Waals surface area contributed by atoms with E-state index in [4.69, 9.17) is 23.4 Å². The Labute approximate surface area is 254 Å². The lowest BCUT2D eigenvalue weighted by Crippen LogP contribution is -2.50. The second-order valence-corrected chi connectivity index (χ2v) is 17.1. The van der Waals surface area contributed by atoms with Gasteiger partial charge in [-0.05, 0) is 83.1 Å². The summed E-state index contributed by atoms with van der Waals surface area (Å²) in [5.41, 5.74) is 2.39. The summed E-state index contributed by atoms with van der Waals surface area (Å²) in [5, 5.41) is 0. The van der Waals surface area contributed by atoms with E-state index in [0.29, 0.717) is 38.4 Å². The number of ether oxygens (including phenoxy) is 4. The van der Waals surface area contributed by atoms with E-state index >= 15 is 0 Å². The van der Waals surface area contributed by atoms with E-state index < -0.39 is 13.9 Å². The molecule has 5 atom stereocenters. The molecule has 0 spiro atoms. The molecule has 0 aliphatic carbocycles. The van der Waals surface area contributed by atoms with E-state index in [-0.39, 0.29) is 30.2 Å². The van der Waals surface area contributed by atoms with Crippen LogP contribution in [0.25, 0.3) is 0 Å². The van der Waals surface area contributed by atoms with Gasteiger partial charge in [0.2, 0.25) is 0 Å². The van der Waals surface area contributed by atoms with Crippen LogP contribution in [0.3, 0.4) is 0 Å². The standard InChI is InChI=1S/C35H52O6Si/c1-8-38-34(36)28(3)19-20-32-35(4,41-42(5,6)7)23-21-31(39-26-30-17-13-10-14-18-30)33(40-32)27(2)22-24-37-25-29-15-11-9-12-16-29/h9-19,27,31-33H,8,20-26H2,1-7H3/b28-19+/t27-,31+,32+,33-,35-/m1/s1. The second kappa shape index (κ2) is 16.5. The van der Waals surface area contributed by atoms with Crippen LogP contribution in [0.4, 0.5) is 0 Å². The molecule has 6 nitrogen and oxygen atoms in total. The lowest BCUT2D eigenvalue weighted by Gasteiger charge is -2.41. The highest BCUT2D eigenvalue weighted by molar-refractivity contribution is 6.69. The van der Waals surface area contributed by atoms with Gasteiger partial charge in [-0.1, -0.05) is 73.7 Å². The molecule has 0 aromatic heterocycles. The molecule has 1 saturated heterocycles. The third-order valence-corrected chi connectivity index (χ3v) is 8.84. The quantitative estimate of drug-likeness (QED) is 0.0902. The molecular weight excluding hydrogens is 544 g/mol. The zero-order valence-electron chi connectivity index (χ0n) is 26.8. The molecule has 0 unspecified atom stereocenters. The third-order valence-electron chi connectivity index (χ3n) is 7.77. The molecule has 1 heterocycles. The molecular formula is C35H52O6Si. The molecule has 42 heavy (non-hydrogen) atoms. The van der Waals surface area contributed by atoms with Gasteiger partial charge in [0, 0.05) is 12.2 Å². The van der Waals surface area contributed by atoms with Crippen molar-refractivity contribution in [3.05, 3.63) is 83.4 Å². The van der Waals surface area contributed by atoms with Crippen LogP contribution in [0.1, 0.15) is 64.5 Å². The first kappa shape index (κ1) is 34.2. The van der Waals surface area contributed by atoms with Gasteiger partial charge in [0.25, 0.3) is 0 Å². The molecule has 3 rings (SSSR count). The van der Waals surface area contributed by atoms with Crippen LogP contribution in [0, 0.1) is 5.92 Å². The van der Waals surface area contributed by atoms with E-state index in [2.05, 4.69) is 57.8 Å². The summed E-state index contributed by atoms with van der Waals surface area (Å²) < 4.78 is 31.9. The predicted octanol–water partition coefficient (Wildman–Crippen LogP) is 7.87. The Hall–Kier alpha value is -2.29. The lowest BCUT2D eigenvalue weighted by molar-refractivity contribution is -0.150. The van der Waals surface area contributed by atoms with Crippen LogP contribution in [0.5, 0.6) is 0 Å². The fraction of sp³-hybridized carbons (Fsp3) is 0.571. The normalized spacial score (nSPS) is 24.2. The number of carbonyl (C=O) groups is 1. The maximum atomic E-state index is 12.4. The number of hydrogen-bond donors (Lipinski definition) is 0. The maximum Gasteiger partial charge on any atom is 0.333 e. The zero-order valence-corrected chi connectivity index (χ0v) is 27.8. The van der Waals surface area contributed by atoms with Crippen molar-refractivity contribution < 1.29 is 28.2 Å². The Kier molecular flexibility index (Phi) is 13.5. The minimum atomic E-state index is -1.93. The van der Waals surface area contributed by atoms with Crippen molar-refractivity contribution in [2.75, 3.05) is 13.2 Å². The van der Waals surface area contributed by atoms with Gasteiger partial charge in [0.05, 0.1) is 43.7 Å². The van der Waals surface area contributed by atoms with E-state index in [1.165, 1.54) is 5.56 Å². The maximum absolute atomic E-state index is 12.4. The first-order valence-electron chi connectivity index (χ1n) is 15.5. The van der Waals surface area contributed by atoms with Crippen molar-refractivity contribution >= 4 is 14.3 Å². The van der Waals surface area contributed by atoms with Gasteiger partial charge in [-0.25, -0.2) is 4.79 Å². The molecule has 232 valence electrons. The third kappa shape index (κ3) is 11.1. The molecule has 1 aliphatic heterocycles. The van der Waals surface area contributed by atoms with Crippen molar-refractivity contribution in [3.8, 4) is 0 Å². The van der Waals surface area contributed by atoms with Gasteiger partial charge in [-0.15, -0.1) is 0 Å². The number of rotatable bonds is 15. The molecule has 2 aromatic rings.